The molecule has 0 radical (unpaired) electrons. The Morgan fingerprint density at radius 3 is 3.06 bits per heavy atom. The van der Waals surface area contributed by atoms with Crippen LogP contribution >= 0.6 is 0 Å². The average molecular weight is 237 g/mol. The molecular formula is C13H23N3O. The van der Waals surface area contributed by atoms with E-state index in [1.165, 1.54) is 24.8 Å². The molecule has 0 amide bonds. The second-order valence-electron chi connectivity index (χ2n) is 5.04. The molecule has 1 aromatic rings. The molecule has 2 rings (SSSR count). The highest BCUT2D eigenvalue weighted by atomic mass is 16.5. The van der Waals surface area contributed by atoms with E-state index in [2.05, 4.69) is 30.5 Å². The Kier molecular flexibility index (Phi) is 4.57. The summed E-state index contributed by atoms with van der Waals surface area (Å²) in [7, 11) is 0. The standard InChI is InChI=1S/C13H23N3O/c1-11(2)16-10-12(8-15-16)7-14-9-13-5-3-4-6-17-13/h8,10-11,13-14H,3-7,9H2,1-2H3. The fourth-order valence-electron chi connectivity index (χ4n) is 2.10. The van der Waals surface area contributed by atoms with Crippen LogP contribution in [0.4, 0.5) is 0 Å². The first-order valence-corrected chi connectivity index (χ1v) is 6.61. The Hall–Kier alpha value is -0.870. The molecule has 1 unspecified atom stereocenters. The molecule has 0 bridgehead atoms. The van der Waals surface area contributed by atoms with Gasteiger partial charge in [0.1, 0.15) is 0 Å². The van der Waals surface area contributed by atoms with Crippen molar-refractivity contribution in [3.05, 3.63) is 18.0 Å². The van der Waals surface area contributed by atoms with Crippen LogP contribution in [0.15, 0.2) is 12.4 Å². The first-order valence-electron chi connectivity index (χ1n) is 6.61. The number of hydrogen-bond acceptors (Lipinski definition) is 3. The molecule has 0 spiro atoms. The van der Waals surface area contributed by atoms with E-state index in [4.69, 9.17) is 4.74 Å². The van der Waals surface area contributed by atoms with Gasteiger partial charge in [0, 0.05) is 37.5 Å². The molecule has 2 heterocycles. The maximum atomic E-state index is 5.68. The Bertz CT molecular complexity index is 329. The first-order chi connectivity index (χ1) is 8.25. The van der Waals surface area contributed by atoms with Crippen molar-refractivity contribution in [2.24, 2.45) is 0 Å². The number of rotatable bonds is 5. The molecule has 96 valence electrons. The van der Waals surface area contributed by atoms with Crippen molar-refractivity contribution in [3.8, 4) is 0 Å². The van der Waals surface area contributed by atoms with E-state index in [1.807, 2.05) is 10.9 Å². The number of aromatic nitrogens is 2. The molecule has 1 fully saturated rings. The monoisotopic (exact) mass is 237 g/mol. The quantitative estimate of drug-likeness (QED) is 0.852. The molecule has 1 N–H and O–H groups in total. The molecule has 0 aromatic carbocycles. The Labute approximate surface area is 103 Å². The minimum atomic E-state index is 0.406. The lowest BCUT2D eigenvalue weighted by molar-refractivity contribution is 0.0168. The molecule has 1 atom stereocenters. The fourth-order valence-corrected chi connectivity index (χ4v) is 2.10. The van der Waals surface area contributed by atoms with E-state index < -0.39 is 0 Å². The van der Waals surface area contributed by atoms with Gasteiger partial charge in [-0.15, -0.1) is 0 Å². The summed E-state index contributed by atoms with van der Waals surface area (Å²) in [5.41, 5.74) is 1.24. The molecule has 0 saturated carbocycles. The molecule has 1 aliphatic rings. The lowest BCUT2D eigenvalue weighted by atomic mass is 10.1. The zero-order chi connectivity index (χ0) is 12.1. The van der Waals surface area contributed by atoms with Gasteiger partial charge < -0.3 is 10.1 Å². The largest absolute Gasteiger partial charge is 0.377 e. The van der Waals surface area contributed by atoms with Gasteiger partial charge in [0.15, 0.2) is 0 Å². The smallest absolute Gasteiger partial charge is 0.0699 e. The molecule has 0 aliphatic carbocycles. The summed E-state index contributed by atoms with van der Waals surface area (Å²) in [6.45, 7) is 7.04. The number of nitrogens with zero attached hydrogens (tertiary/aromatic N) is 2. The van der Waals surface area contributed by atoms with Crippen molar-refractivity contribution < 1.29 is 4.74 Å². The number of hydrogen-bond donors (Lipinski definition) is 1. The molecule has 1 aliphatic heterocycles. The van der Waals surface area contributed by atoms with Crippen LogP contribution in [0.5, 0.6) is 0 Å². The van der Waals surface area contributed by atoms with Crippen molar-refractivity contribution >= 4 is 0 Å². The number of ether oxygens (including phenoxy) is 1. The Balaban J connectivity index is 1.70. The van der Waals surface area contributed by atoms with Crippen molar-refractivity contribution in [3.63, 3.8) is 0 Å². The van der Waals surface area contributed by atoms with Crippen LogP contribution in [0.1, 0.15) is 44.7 Å². The van der Waals surface area contributed by atoms with Crippen LogP contribution in [0.3, 0.4) is 0 Å². The van der Waals surface area contributed by atoms with Gasteiger partial charge in [-0.2, -0.15) is 5.10 Å². The minimum absolute atomic E-state index is 0.406. The highest BCUT2D eigenvalue weighted by Crippen LogP contribution is 2.12. The highest BCUT2D eigenvalue weighted by Gasteiger charge is 2.13. The predicted molar refractivity (Wildman–Crippen MR) is 67.9 cm³/mol. The summed E-state index contributed by atoms with van der Waals surface area (Å²) in [5.74, 6) is 0. The second kappa shape index (κ2) is 6.17. The highest BCUT2D eigenvalue weighted by molar-refractivity contribution is 5.03. The minimum Gasteiger partial charge on any atom is -0.377 e. The van der Waals surface area contributed by atoms with Crippen molar-refractivity contribution in [1.29, 1.82) is 0 Å². The van der Waals surface area contributed by atoms with Gasteiger partial charge in [0.2, 0.25) is 0 Å². The van der Waals surface area contributed by atoms with Crippen LogP contribution in [-0.4, -0.2) is 29.0 Å². The van der Waals surface area contributed by atoms with Crippen LogP contribution in [0.2, 0.25) is 0 Å². The lowest BCUT2D eigenvalue weighted by Gasteiger charge is -2.22. The fraction of sp³-hybridized carbons (Fsp3) is 0.769. The van der Waals surface area contributed by atoms with Crippen LogP contribution in [0, 0.1) is 0 Å². The zero-order valence-electron chi connectivity index (χ0n) is 10.9. The SMILES string of the molecule is CC(C)n1cc(CNCC2CCCCO2)cn1. The van der Waals surface area contributed by atoms with Crippen molar-refractivity contribution in [2.45, 2.75) is 51.8 Å². The van der Waals surface area contributed by atoms with E-state index in [9.17, 15) is 0 Å². The third kappa shape index (κ3) is 3.82. The zero-order valence-corrected chi connectivity index (χ0v) is 10.9. The van der Waals surface area contributed by atoms with Crippen LogP contribution < -0.4 is 5.32 Å². The van der Waals surface area contributed by atoms with E-state index in [-0.39, 0.29) is 0 Å². The van der Waals surface area contributed by atoms with Gasteiger partial charge >= 0.3 is 0 Å². The molecule has 17 heavy (non-hydrogen) atoms. The number of nitrogens with one attached hydrogen (secondary N) is 1. The molecular weight excluding hydrogens is 214 g/mol. The second-order valence-corrected chi connectivity index (χ2v) is 5.04. The van der Waals surface area contributed by atoms with Gasteiger partial charge in [0.05, 0.1) is 12.3 Å². The molecule has 4 nitrogen and oxygen atoms in total. The Morgan fingerprint density at radius 1 is 1.53 bits per heavy atom. The molecule has 1 aromatic heterocycles. The van der Waals surface area contributed by atoms with Gasteiger partial charge in [0.25, 0.3) is 0 Å². The first kappa shape index (κ1) is 12.6. The summed E-state index contributed by atoms with van der Waals surface area (Å²) in [6.07, 6.45) is 8.17. The van der Waals surface area contributed by atoms with E-state index >= 15 is 0 Å². The van der Waals surface area contributed by atoms with Gasteiger partial charge in [-0.05, 0) is 33.1 Å². The van der Waals surface area contributed by atoms with Crippen LogP contribution in [0.25, 0.3) is 0 Å². The average Bonchev–Trinajstić information content (AvgIpc) is 2.79. The van der Waals surface area contributed by atoms with Crippen molar-refractivity contribution in [2.75, 3.05) is 13.2 Å². The maximum Gasteiger partial charge on any atom is 0.0699 e. The third-order valence-corrected chi connectivity index (χ3v) is 3.16. The van der Waals surface area contributed by atoms with E-state index in [0.29, 0.717) is 12.1 Å². The van der Waals surface area contributed by atoms with Gasteiger partial charge in [-0.1, -0.05) is 0 Å². The lowest BCUT2D eigenvalue weighted by Crippen LogP contribution is -2.31. The van der Waals surface area contributed by atoms with E-state index in [1.54, 1.807) is 0 Å². The molecule has 4 heteroatoms. The topological polar surface area (TPSA) is 39.1 Å². The van der Waals surface area contributed by atoms with Crippen molar-refractivity contribution in [1.82, 2.24) is 15.1 Å². The van der Waals surface area contributed by atoms with E-state index in [0.717, 1.165) is 19.7 Å². The summed E-state index contributed by atoms with van der Waals surface area (Å²) in [4.78, 5) is 0. The summed E-state index contributed by atoms with van der Waals surface area (Å²) >= 11 is 0. The summed E-state index contributed by atoms with van der Waals surface area (Å²) < 4.78 is 7.67. The summed E-state index contributed by atoms with van der Waals surface area (Å²) in [5, 5.41) is 7.77. The normalized spacial score (nSPS) is 21.0. The maximum absolute atomic E-state index is 5.68. The molecule has 1 saturated heterocycles. The van der Waals surface area contributed by atoms with Crippen LogP contribution in [-0.2, 0) is 11.3 Å². The Morgan fingerprint density at radius 2 is 2.41 bits per heavy atom. The van der Waals surface area contributed by atoms with Gasteiger partial charge in [-0.25, -0.2) is 0 Å². The third-order valence-electron chi connectivity index (χ3n) is 3.16. The summed E-state index contributed by atoms with van der Waals surface area (Å²) in [6, 6.07) is 0.436. The van der Waals surface area contributed by atoms with Gasteiger partial charge in [-0.3, -0.25) is 4.68 Å². The predicted octanol–water partition coefficient (Wildman–Crippen LogP) is 2.12.